The van der Waals surface area contributed by atoms with Gasteiger partial charge < -0.3 is 19.5 Å². The zero-order valence-corrected chi connectivity index (χ0v) is 17.1. The molecule has 1 aromatic carbocycles. The zero-order chi connectivity index (χ0) is 19.8. The molecule has 2 heterocycles. The fraction of sp³-hybridized carbons (Fsp3) is 0.524. The van der Waals surface area contributed by atoms with Gasteiger partial charge in [-0.15, -0.1) is 0 Å². The van der Waals surface area contributed by atoms with Crippen molar-refractivity contribution in [2.75, 3.05) is 46.4 Å². The molecule has 3 rings (SSSR count). The van der Waals surface area contributed by atoms with Gasteiger partial charge in [-0.3, -0.25) is 9.89 Å². The first kappa shape index (κ1) is 20.2. The SMILES string of the molecule is CN=C(NCc1cc(C(C)C)no1)N1CCN(CCOc2ccccc2)CC1. The van der Waals surface area contributed by atoms with Gasteiger partial charge in [0.25, 0.3) is 0 Å². The molecule has 0 aliphatic carbocycles. The third-order valence-corrected chi connectivity index (χ3v) is 4.89. The third-order valence-electron chi connectivity index (χ3n) is 4.89. The zero-order valence-electron chi connectivity index (χ0n) is 17.1. The first-order valence-electron chi connectivity index (χ1n) is 9.97. The lowest BCUT2D eigenvalue weighted by atomic mass is 10.1. The van der Waals surface area contributed by atoms with E-state index in [9.17, 15) is 0 Å². The van der Waals surface area contributed by atoms with Crippen molar-refractivity contribution in [1.29, 1.82) is 0 Å². The van der Waals surface area contributed by atoms with Crippen molar-refractivity contribution >= 4 is 5.96 Å². The van der Waals surface area contributed by atoms with Gasteiger partial charge in [-0.2, -0.15) is 0 Å². The molecular weight excluding hydrogens is 354 g/mol. The van der Waals surface area contributed by atoms with Crippen LogP contribution in [0.25, 0.3) is 0 Å². The lowest BCUT2D eigenvalue weighted by Crippen LogP contribution is -2.52. The molecule has 1 saturated heterocycles. The van der Waals surface area contributed by atoms with Crippen LogP contribution in [0.4, 0.5) is 0 Å². The summed E-state index contributed by atoms with van der Waals surface area (Å²) in [6.45, 7) is 10.3. The second kappa shape index (κ2) is 10.1. The monoisotopic (exact) mass is 385 g/mol. The van der Waals surface area contributed by atoms with Crippen molar-refractivity contribution < 1.29 is 9.26 Å². The summed E-state index contributed by atoms with van der Waals surface area (Å²) >= 11 is 0. The summed E-state index contributed by atoms with van der Waals surface area (Å²) in [5.41, 5.74) is 0.984. The number of aromatic nitrogens is 1. The Morgan fingerprint density at radius 2 is 1.96 bits per heavy atom. The highest BCUT2D eigenvalue weighted by Gasteiger charge is 2.19. The van der Waals surface area contributed by atoms with Gasteiger partial charge in [0.15, 0.2) is 11.7 Å². The van der Waals surface area contributed by atoms with Crippen LogP contribution in [-0.4, -0.2) is 67.3 Å². The molecule has 0 amide bonds. The average molecular weight is 386 g/mol. The summed E-state index contributed by atoms with van der Waals surface area (Å²) in [5, 5.41) is 7.49. The van der Waals surface area contributed by atoms with Crippen molar-refractivity contribution in [3.05, 3.63) is 47.9 Å². The molecule has 1 N–H and O–H groups in total. The van der Waals surface area contributed by atoms with Crippen molar-refractivity contribution in [3.8, 4) is 5.75 Å². The van der Waals surface area contributed by atoms with Crippen molar-refractivity contribution in [1.82, 2.24) is 20.3 Å². The van der Waals surface area contributed by atoms with Gasteiger partial charge in [0.1, 0.15) is 12.4 Å². The van der Waals surface area contributed by atoms with E-state index in [1.54, 1.807) is 0 Å². The van der Waals surface area contributed by atoms with Gasteiger partial charge in [0.2, 0.25) is 0 Å². The van der Waals surface area contributed by atoms with Crippen LogP contribution >= 0.6 is 0 Å². The lowest BCUT2D eigenvalue weighted by molar-refractivity contribution is 0.152. The molecule has 28 heavy (non-hydrogen) atoms. The number of ether oxygens (including phenoxy) is 1. The second-order valence-electron chi connectivity index (χ2n) is 7.26. The molecule has 2 aromatic rings. The Balaban J connectivity index is 1.38. The van der Waals surface area contributed by atoms with Gasteiger partial charge in [-0.25, -0.2) is 0 Å². The van der Waals surface area contributed by atoms with E-state index in [1.165, 1.54) is 0 Å². The van der Waals surface area contributed by atoms with Crippen molar-refractivity contribution in [2.24, 2.45) is 4.99 Å². The minimum atomic E-state index is 0.371. The van der Waals surface area contributed by atoms with Gasteiger partial charge in [0.05, 0.1) is 12.2 Å². The summed E-state index contributed by atoms with van der Waals surface area (Å²) in [4.78, 5) is 9.14. The van der Waals surface area contributed by atoms with E-state index >= 15 is 0 Å². The summed E-state index contributed by atoms with van der Waals surface area (Å²) < 4.78 is 11.2. The summed E-state index contributed by atoms with van der Waals surface area (Å²) in [6.07, 6.45) is 0. The Kier molecular flexibility index (Phi) is 7.31. The van der Waals surface area contributed by atoms with Gasteiger partial charge in [-0.1, -0.05) is 37.2 Å². The van der Waals surface area contributed by atoms with E-state index in [-0.39, 0.29) is 0 Å². The number of hydrogen-bond donors (Lipinski definition) is 1. The highest BCUT2D eigenvalue weighted by Crippen LogP contribution is 2.14. The maximum atomic E-state index is 5.80. The van der Waals surface area contributed by atoms with Gasteiger partial charge in [-0.05, 0) is 18.1 Å². The second-order valence-corrected chi connectivity index (χ2v) is 7.26. The van der Waals surface area contributed by atoms with Crippen molar-refractivity contribution in [2.45, 2.75) is 26.3 Å². The Labute approximate surface area is 167 Å². The van der Waals surface area contributed by atoms with E-state index in [2.05, 4.69) is 39.1 Å². The number of benzene rings is 1. The first-order valence-corrected chi connectivity index (χ1v) is 9.97. The first-order chi connectivity index (χ1) is 13.7. The number of piperazine rings is 1. The van der Waals surface area contributed by atoms with E-state index in [0.717, 1.165) is 55.9 Å². The van der Waals surface area contributed by atoms with Crippen LogP contribution < -0.4 is 10.1 Å². The summed E-state index contributed by atoms with van der Waals surface area (Å²) in [6, 6.07) is 12.0. The fourth-order valence-corrected chi connectivity index (χ4v) is 3.18. The molecule has 0 spiro atoms. The average Bonchev–Trinajstić information content (AvgIpc) is 3.20. The number of para-hydroxylation sites is 1. The van der Waals surface area contributed by atoms with E-state index < -0.39 is 0 Å². The summed E-state index contributed by atoms with van der Waals surface area (Å²) in [5.74, 6) is 3.04. The standard InChI is InChI=1S/C21H31N5O2/c1-17(2)20-15-19(28-24-20)16-23-21(22-3)26-11-9-25(10-12-26)13-14-27-18-7-5-4-6-8-18/h4-8,15,17H,9-14,16H2,1-3H3,(H,22,23). The van der Waals surface area contributed by atoms with E-state index in [1.807, 2.05) is 43.4 Å². The molecule has 7 nitrogen and oxygen atoms in total. The number of aliphatic imine (C=N–C) groups is 1. The molecule has 1 aliphatic heterocycles. The molecule has 1 aliphatic rings. The highest BCUT2D eigenvalue weighted by molar-refractivity contribution is 5.79. The van der Waals surface area contributed by atoms with Crippen LogP contribution in [0, 0.1) is 0 Å². The normalized spacial score (nSPS) is 15.9. The smallest absolute Gasteiger partial charge is 0.194 e. The molecule has 152 valence electrons. The maximum Gasteiger partial charge on any atom is 0.194 e. The third kappa shape index (κ3) is 5.73. The van der Waals surface area contributed by atoms with Gasteiger partial charge in [0, 0.05) is 45.8 Å². The molecule has 0 radical (unpaired) electrons. The van der Waals surface area contributed by atoms with Gasteiger partial charge >= 0.3 is 0 Å². The highest BCUT2D eigenvalue weighted by atomic mass is 16.5. The molecule has 7 heteroatoms. The number of nitrogens with one attached hydrogen (secondary N) is 1. The minimum absolute atomic E-state index is 0.371. The van der Waals surface area contributed by atoms with E-state index in [4.69, 9.17) is 9.26 Å². The Bertz CT molecular complexity index is 736. The molecular formula is C21H31N5O2. The fourth-order valence-electron chi connectivity index (χ4n) is 3.18. The Morgan fingerprint density at radius 1 is 1.21 bits per heavy atom. The van der Waals surface area contributed by atoms with Crippen LogP contribution in [0.3, 0.4) is 0 Å². The van der Waals surface area contributed by atoms with Crippen molar-refractivity contribution in [3.63, 3.8) is 0 Å². The van der Waals surface area contributed by atoms with Crippen LogP contribution in [0.2, 0.25) is 0 Å². The topological polar surface area (TPSA) is 66.1 Å². The van der Waals surface area contributed by atoms with Crippen LogP contribution in [0.15, 0.2) is 45.9 Å². The maximum absolute atomic E-state index is 5.80. The minimum Gasteiger partial charge on any atom is -0.492 e. The molecule has 0 bridgehead atoms. The Hall–Kier alpha value is -2.54. The molecule has 0 atom stereocenters. The van der Waals surface area contributed by atoms with Crippen LogP contribution in [0.1, 0.15) is 31.2 Å². The number of hydrogen-bond acceptors (Lipinski definition) is 5. The summed E-state index contributed by atoms with van der Waals surface area (Å²) in [7, 11) is 1.82. The largest absolute Gasteiger partial charge is 0.492 e. The molecule has 0 unspecified atom stereocenters. The lowest BCUT2D eigenvalue weighted by Gasteiger charge is -2.36. The number of guanidine groups is 1. The Morgan fingerprint density at radius 3 is 2.61 bits per heavy atom. The molecule has 1 aromatic heterocycles. The predicted octanol–water partition coefficient (Wildman–Crippen LogP) is 2.57. The van der Waals surface area contributed by atoms with Crippen LogP contribution in [-0.2, 0) is 6.54 Å². The van der Waals surface area contributed by atoms with Crippen LogP contribution in [0.5, 0.6) is 5.75 Å². The number of nitrogens with zero attached hydrogens (tertiary/aromatic N) is 4. The van der Waals surface area contributed by atoms with E-state index in [0.29, 0.717) is 19.1 Å². The quantitative estimate of drug-likeness (QED) is 0.584. The molecule has 0 saturated carbocycles. The predicted molar refractivity (Wildman–Crippen MR) is 111 cm³/mol. The molecule has 1 fully saturated rings. The number of rotatable bonds is 7.